The molecule has 1 rings (SSSR count). The van der Waals surface area contributed by atoms with Gasteiger partial charge < -0.3 is 5.73 Å². The van der Waals surface area contributed by atoms with Crippen LogP contribution in [0.5, 0.6) is 0 Å². The minimum atomic E-state index is -0.239. The van der Waals surface area contributed by atoms with Gasteiger partial charge in [0.2, 0.25) is 5.91 Å². The largest absolute Gasteiger partial charge is 0.369 e. The summed E-state index contributed by atoms with van der Waals surface area (Å²) in [6.07, 6.45) is 0.771. The molecule has 0 aliphatic rings. The first-order valence-corrected chi connectivity index (χ1v) is 6.21. The zero-order valence-electron chi connectivity index (χ0n) is 8.57. The molecule has 1 aromatic rings. The fourth-order valence-corrected chi connectivity index (χ4v) is 2.29. The van der Waals surface area contributed by atoms with Gasteiger partial charge in [0, 0.05) is 10.8 Å². The number of hydrogen-bond acceptors (Lipinski definition) is 2. The number of halogens is 1. The molecule has 0 aliphatic heterocycles. The summed E-state index contributed by atoms with van der Waals surface area (Å²) in [6.45, 7) is 1.96. The summed E-state index contributed by atoms with van der Waals surface area (Å²) >= 11 is 7.34. The van der Waals surface area contributed by atoms with Crippen LogP contribution >= 0.6 is 23.4 Å². The summed E-state index contributed by atoms with van der Waals surface area (Å²) in [5.41, 5.74) is 6.41. The van der Waals surface area contributed by atoms with E-state index in [1.807, 2.05) is 31.2 Å². The molecule has 0 fully saturated rings. The van der Waals surface area contributed by atoms with Crippen molar-refractivity contribution in [3.8, 4) is 0 Å². The molecule has 82 valence electrons. The summed E-state index contributed by atoms with van der Waals surface area (Å²) in [5.74, 6) is 0.551. The van der Waals surface area contributed by atoms with Crippen molar-refractivity contribution >= 4 is 29.3 Å². The van der Waals surface area contributed by atoms with Crippen LogP contribution in [0.4, 0.5) is 0 Å². The lowest BCUT2D eigenvalue weighted by Crippen LogP contribution is -2.24. The van der Waals surface area contributed by atoms with Crippen LogP contribution in [0.25, 0.3) is 0 Å². The van der Waals surface area contributed by atoms with Gasteiger partial charge in [0.15, 0.2) is 0 Å². The normalized spacial score (nSPS) is 12.4. The highest BCUT2D eigenvalue weighted by atomic mass is 35.5. The molecule has 0 bridgehead atoms. The van der Waals surface area contributed by atoms with Gasteiger partial charge in [0.25, 0.3) is 0 Å². The number of benzene rings is 1. The average molecular weight is 244 g/mol. The lowest BCUT2D eigenvalue weighted by atomic mass is 10.2. The van der Waals surface area contributed by atoms with E-state index in [1.54, 1.807) is 11.8 Å². The van der Waals surface area contributed by atoms with Crippen molar-refractivity contribution in [2.45, 2.75) is 24.3 Å². The molecular weight excluding hydrogens is 230 g/mol. The maximum atomic E-state index is 11.0. The maximum absolute atomic E-state index is 11.0. The van der Waals surface area contributed by atoms with Crippen molar-refractivity contribution in [2.75, 3.05) is 0 Å². The third-order valence-electron chi connectivity index (χ3n) is 2.05. The number of nitrogens with two attached hydrogens (primary N) is 1. The monoisotopic (exact) mass is 243 g/mol. The molecule has 0 aliphatic carbocycles. The highest BCUT2D eigenvalue weighted by molar-refractivity contribution is 7.99. The van der Waals surface area contributed by atoms with Gasteiger partial charge in [-0.25, -0.2) is 0 Å². The summed E-state index contributed by atoms with van der Waals surface area (Å²) < 4.78 is 0. The van der Waals surface area contributed by atoms with Crippen molar-refractivity contribution in [1.82, 2.24) is 0 Å². The van der Waals surface area contributed by atoms with Gasteiger partial charge in [0.1, 0.15) is 0 Å². The van der Waals surface area contributed by atoms with Gasteiger partial charge >= 0.3 is 0 Å². The van der Waals surface area contributed by atoms with Crippen LogP contribution in [0.15, 0.2) is 24.3 Å². The number of hydrogen-bond donors (Lipinski definition) is 1. The third-order valence-corrected chi connectivity index (χ3v) is 3.77. The Bertz CT molecular complexity index is 326. The first kappa shape index (κ1) is 12.4. The van der Waals surface area contributed by atoms with Crippen LogP contribution in [-0.2, 0) is 10.5 Å². The molecule has 1 unspecified atom stereocenters. The predicted molar refractivity (Wildman–Crippen MR) is 66.0 cm³/mol. The quantitative estimate of drug-likeness (QED) is 0.864. The van der Waals surface area contributed by atoms with E-state index in [9.17, 15) is 4.79 Å². The molecule has 0 spiro atoms. The van der Waals surface area contributed by atoms with E-state index in [4.69, 9.17) is 17.3 Å². The highest BCUT2D eigenvalue weighted by Gasteiger charge is 2.12. The molecule has 1 aromatic carbocycles. The Hall–Kier alpha value is -0.670. The zero-order valence-corrected chi connectivity index (χ0v) is 10.1. The Morgan fingerprint density at radius 1 is 1.47 bits per heavy atom. The number of amides is 1. The van der Waals surface area contributed by atoms with E-state index < -0.39 is 0 Å². The first-order chi connectivity index (χ1) is 7.13. The Kier molecular flexibility index (Phi) is 4.99. The van der Waals surface area contributed by atoms with E-state index in [2.05, 4.69) is 0 Å². The van der Waals surface area contributed by atoms with Crippen LogP contribution in [0.1, 0.15) is 18.9 Å². The molecule has 2 N–H and O–H groups in total. The molecule has 2 nitrogen and oxygen atoms in total. The topological polar surface area (TPSA) is 43.1 Å². The third kappa shape index (κ3) is 4.14. The second kappa shape index (κ2) is 6.03. The van der Waals surface area contributed by atoms with E-state index in [0.29, 0.717) is 0 Å². The Morgan fingerprint density at radius 2 is 2.07 bits per heavy atom. The number of rotatable bonds is 5. The van der Waals surface area contributed by atoms with E-state index in [1.165, 1.54) is 0 Å². The molecule has 0 saturated carbocycles. The molecule has 4 heteroatoms. The number of carbonyl (C=O) groups excluding carboxylic acids is 1. The summed E-state index contributed by atoms with van der Waals surface area (Å²) in [5, 5.41) is 0.631. The summed E-state index contributed by atoms with van der Waals surface area (Å²) in [6, 6.07) is 7.62. The predicted octanol–water partition coefficient (Wildman–Crippen LogP) is 2.84. The van der Waals surface area contributed by atoms with E-state index >= 15 is 0 Å². The minimum absolute atomic E-state index is 0.0966. The lowest BCUT2D eigenvalue weighted by molar-refractivity contribution is -0.117. The van der Waals surface area contributed by atoms with Gasteiger partial charge in [-0.3, -0.25) is 4.79 Å². The van der Waals surface area contributed by atoms with E-state index in [-0.39, 0.29) is 11.2 Å². The van der Waals surface area contributed by atoms with Crippen molar-refractivity contribution in [3.63, 3.8) is 0 Å². The molecule has 0 saturated heterocycles. The zero-order chi connectivity index (χ0) is 11.3. The minimum Gasteiger partial charge on any atom is -0.369 e. The van der Waals surface area contributed by atoms with Crippen LogP contribution < -0.4 is 5.73 Å². The number of primary amides is 1. The smallest absolute Gasteiger partial charge is 0.230 e. The Balaban J connectivity index is 2.49. The van der Waals surface area contributed by atoms with Crippen LogP contribution in [0, 0.1) is 0 Å². The average Bonchev–Trinajstić information content (AvgIpc) is 2.21. The molecule has 0 aromatic heterocycles. The first-order valence-electron chi connectivity index (χ1n) is 4.79. The molecular formula is C11H14ClNOS. The standard InChI is InChI=1S/C11H14ClNOS/c1-2-10(11(13)14)15-7-8-3-5-9(12)6-4-8/h3-6,10H,2,7H2,1H3,(H2,13,14). The highest BCUT2D eigenvalue weighted by Crippen LogP contribution is 2.21. The van der Waals surface area contributed by atoms with E-state index in [0.717, 1.165) is 22.8 Å². The summed E-state index contributed by atoms with van der Waals surface area (Å²) in [4.78, 5) is 11.0. The summed E-state index contributed by atoms with van der Waals surface area (Å²) in [7, 11) is 0. The van der Waals surface area contributed by atoms with Gasteiger partial charge in [-0.15, -0.1) is 11.8 Å². The Morgan fingerprint density at radius 3 is 2.53 bits per heavy atom. The van der Waals surface area contributed by atoms with Crippen LogP contribution in [0.2, 0.25) is 5.02 Å². The van der Waals surface area contributed by atoms with Crippen LogP contribution in [-0.4, -0.2) is 11.2 Å². The van der Waals surface area contributed by atoms with Gasteiger partial charge in [-0.1, -0.05) is 30.7 Å². The molecule has 1 amide bonds. The van der Waals surface area contributed by atoms with Gasteiger partial charge in [0.05, 0.1) is 5.25 Å². The second-order valence-corrected chi connectivity index (χ2v) is 4.86. The fourth-order valence-electron chi connectivity index (χ4n) is 1.18. The Labute approximate surface area is 99.2 Å². The van der Waals surface area contributed by atoms with Crippen molar-refractivity contribution < 1.29 is 4.79 Å². The van der Waals surface area contributed by atoms with Crippen molar-refractivity contribution in [1.29, 1.82) is 0 Å². The molecule has 0 radical (unpaired) electrons. The molecule has 0 heterocycles. The van der Waals surface area contributed by atoms with Crippen molar-refractivity contribution in [2.24, 2.45) is 5.73 Å². The fraction of sp³-hybridized carbons (Fsp3) is 0.364. The van der Waals surface area contributed by atoms with Gasteiger partial charge in [-0.05, 0) is 24.1 Å². The second-order valence-electron chi connectivity index (χ2n) is 3.24. The van der Waals surface area contributed by atoms with Crippen LogP contribution in [0.3, 0.4) is 0 Å². The lowest BCUT2D eigenvalue weighted by Gasteiger charge is -2.09. The maximum Gasteiger partial charge on any atom is 0.230 e. The van der Waals surface area contributed by atoms with Gasteiger partial charge in [-0.2, -0.15) is 0 Å². The molecule has 1 atom stereocenters. The number of thioether (sulfide) groups is 1. The SMILES string of the molecule is CCC(SCc1ccc(Cl)cc1)C(N)=O. The molecule has 15 heavy (non-hydrogen) atoms. The number of carbonyl (C=O) groups is 1. The van der Waals surface area contributed by atoms with Crippen molar-refractivity contribution in [3.05, 3.63) is 34.9 Å².